The molecule has 3 aliphatic rings. The maximum Gasteiger partial charge on any atom is 0.335 e. The summed E-state index contributed by atoms with van der Waals surface area (Å²) in [7, 11) is 3.12. The number of carbonyl (C=O) groups is 1. The van der Waals surface area contributed by atoms with Crippen LogP contribution < -0.4 is 0 Å². The van der Waals surface area contributed by atoms with Crippen LogP contribution in [0, 0.1) is 5.92 Å². The third-order valence-corrected chi connectivity index (χ3v) is 7.37. The van der Waals surface area contributed by atoms with Gasteiger partial charge >= 0.3 is 5.97 Å². The Labute approximate surface area is 189 Å². The Hall–Kier alpha value is -2.79. The van der Waals surface area contributed by atoms with Crippen molar-refractivity contribution in [1.29, 1.82) is 0 Å². The summed E-state index contributed by atoms with van der Waals surface area (Å²) in [5, 5.41) is 11.1. The second kappa shape index (κ2) is 8.62. The lowest BCUT2D eigenvalue weighted by Crippen LogP contribution is -2.17. The number of allylic oxidation sites excluding steroid dienone is 4. The highest BCUT2D eigenvalue weighted by molar-refractivity contribution is 5.91. The molecule has 1 aromatic carbocycles. The van der Waals surface area contributed by atoms with E-state index in [-0.39, 0.29) is 24.4 Å². The van der Waals surface area contributed by atoms with Crippen molar-refractivity contribution in [3.05, 3.63) is 70.7 Å². The molecule has 0 saturated heterocycles. The maximum absolute atomic E-state index is 12.7. The van der Waals surface area contributed by atoms with Crippen molar-refractivity contribution < 1.29 is 19.4 Å². The molecule has 1 aromatic heterocycles. The van der Waals surface area contributed by atoms with Crippen LogP contribution >= 0.6 is 0 Å². The van der Waals surface area contributed by atoms with Crippen molar-refractivity contribution in [2.75, 3.05) is 14.2 Å². The summed E-state index contributed by atoms with van der Waals surface area (Å²) < 4.78 is 13.0. The minimum atomic E-state index is -0.294. The third-order valence-electron chi connectivity index (χ3n) is 7.37. The predicted molar refractivity (Wildman–Crippen MR) is 124 cm³/mol. The van der Waals surface area contributed by atoms with Gasteiger partial charge in [-0.25, -0.2) is 4.79 Å². The molecule has 1 saturated carbocycles. The molecule has 5 heteroatoms. The van der Waals surface area contributed by atoms with Gasteiger partial charge in [0.05, 0.1) is 32.9 Å². The molecular weight excluding hydrogens is 402 g/mol. The van der Waals surface area contributed by atoms with E-state index in [1.807, 2.05) is 12.1 Å². The molecule has 2 unspecified atom stereocenters. The maximum atomic E-state index is 12.7. The summed E-state index contributed by atoms with van der Waals surface area (Å²) in [6, 6.07) is 6.29. The lowest BCUT2D eigenvalue weighted by Gasteiger charge is -2.28. The first-order valence-corrected chi connectivity index (χ1v) is 11.6. The molecule has 1 fully saturated rings. The number of hydrogen-bond acceptors (Lipinski definition) is 4. The second-order valence-corrected chi connectivity index (χ2v) is 9.15. The molecule has 1 N–H and O–H groups in total. The predicted octanol–water partition coefficient (Wildman–Crippen LogP) is 5.09. The highest BCUT2D eigenvalue weighted by atomic mass is 16.5. The lowest BCUT2D eigenvalue weighted by atomic mass is 9.77. The van der Waals surface area contributed by atoms with Gasteiger partial charge < -0.3 is 19.1 Å². The van der Waals surface area contributed by atoms with Crippen LogP contribution in [0.15, 0.2) is 53.8 Å². The van der Waals surface area contributed by atoms with Crippen LogP contribution in [0.4, 0.5) is 0 Å². The quantitative estimate of drug-likeness (QED) is 0.682. The Balaban J connectivity index is 1.78. The molecule has 2 aliphatic carbocycles. The number of ether oxygens (including phenoxy) is 2. The highest BCUT2D eigenvalue weighted by Crippen LogP contribution is 2.47. The van der Waals surface area contributed by atoms with E-state index in [2.05, 4.69) is 34.9 Å². The van der Waals surface area contributed by atoms with E-state index in [1.54, 1.807) is 7.11 Å². The first-order chi connectivity index (χ1) is 15.6. The first kappa shape index (κ1) is 21.1. The largest absolute Gasteiger partial charge is 0.497 e. The van der Waals surface area contributed by atoms with Crippen LogP contribution in [0.1, 0.15) is 60.8 Å². The fraction of sp³-hybridized carbons (Fsp3) is 0.444. The molecular formula is C27H31NO4. The van der Waals surface area contributed by atoms with Crippen molar-refractivity contribution in [2.24, 2.45) is 5.92 Å². The Bertz CT molecular complexity index is 1130. The molecule has 2 atom stereocenters. The van der Waals surface area contributed by atoms with Crippen molar-refractivity contribution >= 4 is 16.9 Å². The lowest BCUT2D eigenvalue weighted by molar-refractivity contribution is -0.136. The number of nitrogens with zero attached hydrogens (tertiary/aromatic N) is 1. The van der Waals surface area contributed by atoms with Gasteiger partial charge in [-0.15, -0.1) is 0 Å². The molecule has 0 amide bonds. The summed E-state index contributed by atoms with van der Waals surface area (Å²) in [5.41, 5.74) is 5.36. The molecule has 0 bridgehead atoms. The minimum Gasteiger partial charge on any atom is -0.497 e. The van der Waals surface area contributed by atoms with Crippen LogP contribution in [0.3, 0.4) is 0 Å². The normalized spacial score (nSPS) is 23.1. The van der Waals surface area contributed by atoms with Crippen molar-refractivity contribution in [3.63, 3.8) is 0 Å². The van der Waals surface area contributed by atoms with Gasteiger partial charge in [-0.05, 0) is 48.1 Å². The number of benzene rings is 1. The monoisotopic (exact) mass is 433 g/mol. The second-order valence-electron chi connectivity index (χ2n) is 9.15. The topological polar surface area (TPSA) is 60.7 Å². The van der Waals surface area contributed by atoms with Crippen LogP contribution in [0.5, 0.6) is 0 Å². The zero-order valence-corrected chi connectivity index (χ0v) is 18.8. The van der Waals surface area contributed by atoms with E-state index >= 15 is 0 Å². The van der Waals surface area contributed by atoms with Gasteiger partial charge in [0, 0.05) is 28.4 Å². The number of hydrogen-bond donors (Lipinski definition) is 1. The molecule has 1 aliphatic heterocycles. The number of aliphatic hydroxyl groups is 1. The Kier molecular flexibility index (Phi) is 5.68. The SMILES string of the molecule is COC(=O)C1=CC2C=C(OC)C=CC2c2c(C3CCCCC3)c3ccc(CO)cc3n2C1. The van der Waals surface area contributed by atoms with E-state index in [4.69, 9.17) is 9.47 Å². The van der Waals surface area contributed by atoms with Gasteiger partial charge in [-0.3, -0.25) is 0 Å². The van der Waals surface area contributed by atoms with Crippen molar-refractivity contribution in [2.45, 2.75) is 57.1 Å². The summed E-state index contributed by atoms with van der Waals surface area (Å²) in [4.78, 5) is 12.7. The molecule has 5 rings (SSSR count). The molecule has 168 valence electrons. The Morgan fingerprint density at radius 1 is 1.16 bits per heavy atom. The zero-order valence-electron chi connectivity index (χ0n) is 18.8. The van der Waals surface area contributed by atoms with Crippen molar-refractivity contribution in [3.8, 4) is 0 Å². The van der Waals surface area contributed by atoms with Crippen LogP contribution in [0.2, 0.25) is 0 Å². The standard InChI is InChI=1S/C27H31NO4/c1-31-21-9-11-22-19(14-21)13-20(27(30)32-2)15-28-24-12-17(16-29)8-10-23(24)25(26(22)28)18-6-4-3-5-7-18/h8-14,18-19,22,29H,3-7,15-16H2,1-2H3. The van der Waals surface area contributed by atoms with E-state index < -0.39 is 0 Å². The smallest absolute Gasteiger partial charge is 0.335 e. The van der Waals surface area contributed by atoms with E-state index in [0.29, 0.717) is 18.0 Å². The van der Waals surface area contributed by atoms with Gasteiger partial charge in [-0.2, -0.15) is 0 Å². The van der Waals surface area contributed by atoms with Gasteiger partial charge in [0.15, 0.2) is 0 Å². The number of aliphatic hydroxyl groups excluding tert-OH is 1. The Morgan fingerprint density at radius 3 is 2.69 bits per heavy atom. The summed E-state index contributed by atoms with van der Waals surface area (Å²) in [5.74, 6) is 1.19. The molecule has 5 nitrogen and oxygen atoms in total. The van der Waals surface area contributed by atoms with Gasteiger partial charge in [0.1, 0.15) is 5.76 Å². The van der Waals surface area contributed by atoms with E-state index in [9.17, 15) is 9.90 Å². The summed E-state index contributed by atoms with van der Waals surface area (Å²) in [6.45, 7) is 0.470. The molecule has 0 spiro atoms. The van der Waals surface area contributed by atoms with Gasteiger partial charge in [0.25, 0.3) is 0 Å². The fourth-order valence-corrected chi connectivity index (χ4v) is 5.85. The molecule has 2 heterocycles. The van der Waals surface area contributed by atoms with Crippen LogP contribution in [-0.2, 0) is 27.4 Å². The average molecular weight is 434 g/mol. The average Bonchev–Trinajstić information content (AvgIpc) is 3.05. The fourth-order valence-electron chi connectivity index (χ4n) is 5.85. The minimum absolute atomic E-state index is 0.000800. The number of carbonyl (C=O) groups excluding carboxylic acids is 1. The van der Waals surface area contributed by atoms with Crippen LogP contribution in [-0.4, -0.2) is 29.9 Å². The Morgan fingerprint density at radius 2 is 1.97 bits per heavy atom. The first-order valence-electron chi connectivity index (χ1n) is 11.6. The third kappa shape index (κ3) is 3.49. The molecule has 32 heavy (non-hydrogen) atoms. The highest BCUT2D eigenvalue weighted by Gasteiger charge is 2.35. The van der Waals surface area contributed by atoms with Gasteiger partial charge in [0.2, 0.25) is 0 Å². The zero-order chi connectivity index (χ0) is 22.2. The van der Waals surface area contributed by atoms with E-state index in [0.717, 1.165) is 16.8 Å². The van der Waals surface area contributed by atoms with E-state index in [1.165, 1.54) is 55.9 Å². The van der Waals surface area contributed by atoms with Crippen molar-refractivity contribution in [1.82, 2.24) is 4.57 Å². The van der Waals surface area contributed by atoms with Crippen LogP contribution in [0.25, 0.3) is 10.9 Å². The number of aromatic nitrogens is 1. The van der Waals surface area contributed by atoms with Gasteiger partial charge in [-0.1, -0.05) is 43.5 Å². The molecule has 0 radical (unpaired) electrons. The number of methoxy groups -OCH3 is 2. The number of rotatable bonds is 4. The summed E-state index contributed by atoms with van der Waals surface area (Å²) in [6.07, 6.45) is 14.7. The summed E-state index contributed by atoms with van der Waals surface area (Å²) >= 11 is 0. The number of esters is 1. The number of fused-ring (bicyclic) bond motifs is 5. The molecule has 2 aromatic rings.